The average Bonchev–Trinajstić information content (AvgIpc) is 2.71. The van der Waals surface area contributed by atoms with Crippen LogP contribution in [0.1, 0.15) is 16.5 Å². The minimum Gasteiger partial charge on any atom is -0.309 e. The predicted octanol–water partition coefficient (Wildman–Crippen LogP) is 5.19. The van der Waals surface area contributed by atoms with Gasteiger partial charge < -0.3 is 5.32 Å². The lowest BCUT2D eigenvalue weighted by atomic mass is 10.1. The van der Waals surface area contributed by atoms with E-state index in [-0.39, 0.29) is 6.04 Å². The van der Waals surface area contributed by atoms with Gasteiger partial charge in [-0.05, 0) is 53.0 Å². The smallest absolute Gasteiger partial charge is 0.0888 e. The summed E-state index contributed by atoms with van der Waals surface area (Å²) in [6.07, 6.45) is 2.08. The zero-order valence-corrected chi connectivity index (χ0v) is 14.0. The Morgan fingerprint density at radius 3 is 2.44 bits per heavy atom. The number of thioether (sulfide) groups is 1. The largest absolute Gasteiger partial charge is 0.309 e. The van der Waals surface area contributed by atoms with Gasteiger partial charge >= 0.3 is 0 Å². The van der Waals surface area contributed by atoms with Crippen molar-refractivity contribution < 1.29 is 0 Å². The maximum Gasteiger partial charge on any atom is 0.0888 e. The molecule has 1 aromatic carbocycles. The number of thiophene rings is 1. The first-order valence-electron chi connectivity index (χ1n) is 5.41. The van der Waals surface area contributed by atoms with Crippen molar-refractivity contribution in [2.75, 3.05) is 13.3 Å². The first-order valence-corrected chi connectivity index (χ1v) is 8.63. The van der Waals surface area contributed by atoms with E-state index in [2.05, 4.69) is 51.8 Å². The molecule has 1 N–H and O–H groups in total. The van der Waals surface area contributed by atoms with Crippen molar-refractivity contribution >= 4 is 50.6 Å². The molecule has 1 unspecified atom stereocenters. The molecule has 0 saturated heterocycles. The van der Waals surface area contributed by atoms with E-state index in [1.807, 2.05) is 13.1 Å². The van der Waals surface area contributed by atoms with E-state index >= 15 is 0 Å². The van der Waals surface area contributed by atoms with Gasteiger partial charge in [0.15, 0.2) is 0 Å². The number of nitrogens with one attached hydrogen (secondary N) is 1. The van der Waals surface area contributed by atoms with E-state index in [9.17, 15) is 0 Å². The predicted molar refractivity (Wildman–Crippen MR) is 86.2 cm³/mol. The molecule has 0 fully saturated rings. The summed E-state index contributed by atoms with van der Waals surface area (Å²) in [7, 11) is 1.97. The molecule has 0 aliphatic rings. The third kappa shape index (κ3) is 3.11. The third-order valence-electron chi connectivity index (χ3n) is 2.69. The highest BCUT2D eigenvalue weighted by Crippen LogP contribution is 2.37. The Hall–Kier alpha value is -0.0000000000000000833. The van der Waals surface area contributed by atoms with Gasteiger partial charge in [-0.15, -0.1) is 23.1 Å². The van der Waals surface area contributed by atoms with Crippen molar-refractivity contribution in [2.24, 2.45) is 0 Å². The van der Waals surface area contributed by atoms with Crippen LogP contribution in [0, 0.1) is 0 Å². The highest BCUT2D eigenvalue weighted by molar-refractivity contribution is 9.11. The van der Waals surface area contributed by atoms with Crippen molar-refractivity contribution in [3.8, 4) is 0 Å². The van der Waals surface area contributed by atoms with Gasteiger partial charge in [0.1, 0.15) is 0 Å². The van der Waals surface area contributed by atoms with Crippen LogP contribution in [0.5, 0.6) is 0 Å². The van der Waals surface area contributed by atoms with Crippen LogP contribution in [0.4, 0.5) is 0 Å². The fraction of sp³-hybridized carbons (Fsp3) is 0.231. The molecule has 0 aliphatic heterocycles. The number of rotatable bonds is 4. The van der Waals surface area contributed by atoms with Crippen molar-refractivity contribution in [1.82, 2.24) is 5.32 Å². The normalized spacial score (nSPS) is 12.7. The fourth-order valence-electron chi connectivity index (χ4n) is 1.78. The first-order chi connectivity index (χ1) is 8.65. The summed E-state index contributed by atoms with van der Waals surface area (Å²) in [6.45, 7) is 0. The van der Waals surface area contributed by atoms with E-state index in [0.717, 1.165) is 8.81 Å². The highest BCUT2D eigenvalue weighted by Gasteiger charge is 2.16. The molecule has 1 aromatic heterocycles. The van der Waals surface area contributed by atoms with Gasteiger partial charge in [0.05, 0.1) is 14.9 Å². The van der Waals surface area contributed by atoms with Gasteiger partial charge in [-0.2, -0.15) is 0 Å². The van der Waals surface area contributed by atoms with Crippen LogP contribution in [0.15, 0.2) is 39.0 Å². The SMILES string of the molecule is CNC(c1ccc(SC)cc1)c1cc(Cl)c(Br)s1. The molecular formula is C13H13BrClNS2. The monoisotopic (exact) mass is 361 g/mol. The Balaban J connectivity index is 2.32. The summed E-state index contributed by atoms with van der Waals surface area (Å²) in [5, 5.41) is 4.11. The maximum absolute atomic E-state index is 6.10. The maximum atomic E-state index is 6.10. The summed E-state index contributed by atoms with van der Waals surface area (Å²) >= 11 is 13.0. The van der Waals surface area contributed by atoms with Gasteiger partial charge in [-0.3, -0.25) is 0 Å². The second-order valence-electron chi connectivity index (χ2n) is 3.77. The first kappa shape index (κ1) is 14.4. The molecule has 1 atom stereocenters. The van der Waals surface area contributed by atoms with Crippen LogP contribution < -0.4 is 5.32 Å². The Morgan fingerprint density at radius 2 is 2.00 bits per heavy atom. The minimum absolute atomic E-state index is 0.190. The molecule has 1 nitrogen and oxygen atoms in total. The molecule has 0 aliphatic carbocycles. The van der Waals surface area contributed by atoms with Gasteiger partial charge in [0.25, 0.3) is 0 Å². The molecule has 0 radical (unpaired) electrons. The zero-order chi connectivity index (χ0) is 13.1. The molecule has 1 heterocycles. The van der Waals surface area contributed by atoms with Crippen LogP contribution in [-0.4, -0.2) is 13.3 Å². The number of hydrogen-bond acceptors (Lipinski definition) is 3. The summed E-state index contributed by atoms with van der Waals surface area (Å²) in [4.78, 5) is 2.49. The highest BCUT2D eigenvalue weighted by atomic mass is 79.9. The molecule has 0 saturated carbocycles. The topological polar surface area (TPSA) is 12.0 Å². The number of halogens is 2. The molecular weight excluding hydrogens is 350 g/mol. The lowest BCUT2D eigenvalue weighted by Gasteiger charge is -2.15. The summed E-state index contributed by atoms with van der Waals surface area (Å²) < 4.78 is 0.986. The van der Waals surface area contributed by atoms with Crippen molar-refractivity contribution in [3.05, 3.63) is 49.6 Å². The molecule has 5 heteroatoms. The van der Waals surface area contributed by atoms with Gasteiger partial charge in [0.2, 0.25) is 0 Å². The van der Waals surface area contributed by atoms with Crippen LogP contribution in [0.2, 0.25) is 5.02 Å². The second-order valence-corrected chi connectivity index (χ2v) is 7.45. The number of hydrogen-bond donors (Lipinski definition) is 1. The van der Waals surface area contributed by atoms with E-state index in [4.69, 9.17) is 11.6 Å². The lowest BCUT2D eigenvalue weighted by molar-refractivity contribution is 0.703. The van der Waals surface area contributed by atoms with Crippen molar-refractivity contribution in [2.45, 2.75) is 10.9 Å². The average molecular weight is 363 g/mol. The molecule has 2 aromatic rings. The lowest BCUT2D eigenvalue weighted by Crippen LogP contribution is -2.16. The van der Waals surface area contributed by atoms with Crippen LogP contribution in [0.25, 0.3) is 0 Å². The standard InChI is InChI=1S/C13H13BrClNS2/c1-16-12(11-7-10(15)13(14)18-11)8-3-5-9(17-2)6-4-8/h3-7,12,16H,1-2H3. The van der Waals surface area contributed by atoms with Crippen molar-refractivity contribution in [1.29, 1.82) is 0 Å². The van der Waals surface area contributed by atoms with Crippen molar-refractivity contribution in [3.63, 3.8) is 0 Å². The number of benzene rings is 1. The van der Waals surface area contributed by atoms with Gasteiger partial charge in [0, 0.05) is 9.77 Å². The van der Waals surface area contributed by atoms with E-state index in [1.54, 1.807) is 23.1 Å². The molecule has 96 valence electrons. The van der Waals surface area contributed by atoms with Crippen LogP contribution in [0.3, 0.4) is 0 Å². The van der Waals surface area contributed by atoms with Gasteiger partial charge in [-0.1, -0.05) is 23.7 Å². The van der Waals surface area contributed by atoms with Crippen LogP contribution >= 0.6 is 50.6 Å². The van der Waals surface area contributed by atoms with E-state index < -0.39 is 0 Å². The summed E-state index contributed by atoms with van der Waals surface area (Å²) in [5.41, 5.74) is 1.25. The Kier molecular flexibility index (Phi) is 5.15. The molecule has 0 bridgehead atoms. The van der Waals surface area contributed by atoms with Gasteiger partial charge in [-0.25, -0.2) is 0 Å². The molecule has 2 rings (SSSR count). The fourth-order valence-corrected chi connectivity index (χ4v) is 4.07. The quantitative estimate of drug-likeness (QED) is 0.751. The Labute approximate surface area is 129 Å². The Morgan fingerprint density at radius 1 is 1.33 bits per heavy atom. The van der Waals surface area contributed by atoms with Crippen LogP contribution in [-0.2, 0) is 0 Å². The Bertz CT molecular complexity index is 505. The third-order valence-corrected chi connectivity index (χ3v) is 5.97. The molecule has 18 heavy (non-hydrogen) atoms. The second kappa shape index (κ2) is 6.44. The molecule has 0 spiro atoms. The summed E-state index contributed by atoms with van der Waals surface area (Å²) in [6, 6.07) is 10.8. The van der Waals surface area contributed by atoms with E-state index in [1.165, 1.54) is 15.3 Å². The summed E-state index contributed by atoms with van der Waals surface area (Å²) in [5.74, 6) is 0. The molecule has 0 amide bonds. The zero-order valence-electron chi connectivity index (χ0n) is 10.0. The van der Waals surface area contributed by atoms with E-state index in [0.29, 0.717) is 0 Å². The minimum atomic E-state index is 0.190.